The third-order valence-electron chi connectivity index (χ3n) is 5.28. The Balaban J connectivity index is 1.73. The lowest BCUT2D eigenvalue weighted by Crippen LogP contribution is -2.37. The Kier molecular flexibility index (Phi) is 2.86. The Hall–Kier alpha value is -1.51. The summed E-state index contributed by atoms with van der Waals surface area (Å²) in [7, 11) is 0. The van der Waals surface area contributed by atoms with Crippen LogP contribution in [-0.2, 0) is 4.74 Å². The van der Waals surface area contributed by atoms with E-state index in [1.807, 2.05) is 0 Å². The van der Waals surface area contributed by atoms with Gasteiger partial charge in [0.25, 0.3) is 0 Å². The van der Waals surface area contributed by atoms with Crippen LogP contribution in [0.25, 0.3) is 0 Å². The number of phenols is 1. The van der Waals surface area contributed by atoms with Gasteiger partial charge in [-0.25, -0.2) is 4.79 Å². The molecule has 1 aromatic carbocycles. The van der Waals surface area contributed by atoms with Crippen LogP contribution >= 0.6 is 0 Å². The monoisotopic (exact) mass is 274 g/mol. The van der Waals surface area contributed by atoms with Gasteiger partial charge in [0.15, 0.2) is 0 Å². The first kappa shape index (κ1) is 13.5. The molecule has 20 heavy (non-hydrogen) atoms. The molecule has 2 saturated carbocycles. The van der Waals surface area contributed by atoms with Crippen LogP contribution in [0.4, 0.5) is 0 Å². The molecule has 1 aromatic rings. The molecule has 2 fully saturated rings. The Bertz CT molecular complexity index is 549. The average Bonchev–Trinajstić information content (AvgIpc) is 2.77. The van der Waals surface area contributed by atoms with E-state index in [1.165, 1.54) is 6.07 Å². The van der Waals surface area contributed by atoms with Crippen LogP contribution < -0.4 is 0 Å². The van der Waals surface area contributed by atoms with Crippen molar-refractivity contribution in [3.63, 3.8) is 0 Å². The van der Waals surface area contributed by atoms with Crippen LogP contribution in [0, 0.1) is 16.7 Å². The van der Waals surface area contributed by atoms with Gasteiger partial charge in [-0.05, 0) is 48.8 Å². The van der Waals surface area contributed by atoms with Crippen LogP contribution in [0.5, 0.6) is 5.75 Å². The number of ether oxygens (including phenoxy) is 1. The van der Waals surface area contributed by atoms with Gasteiger partial charge in [-0.15, -0.1) is 0 Å². The van der Waals surface area contributed by atoms with Crippen molar-refractivity contribution in [2.45, 2.75) is 46.1 Å². The summed E-state index contributed by atoms with van der Waals surface area (Å²) in [5.41, 5.74) is 0.902. The molecule has 2 bridgehead atoms. The standard InChI is InChI=1S/C17H22O3/c1-16(2)10-17(3)9-12(16)8-14(17)20-15(19)11-5-4-6-13(18)7-11/h4-7,12,14,18H,8-10H2,1-3H3/t12-,14+,17-/m1/s1. The maximum Gasteiger partial charge on any atom is 0.338 e. The van der Waals surface area contributed by atoms with Crippen molar-refractivity contribution in [2.24, 2.45) is 16.7 Å². The maximum absolute atomic E-state index is 12.2. The van der Waals surface area contributed by atoms with Gasteiger partial charge in [0.05, 0.1) is 5.56 Å². The molecular weight excluding hydrogens is 252 g/mol. The topological polar surface area (TPSA) is 46.5 Å². The third-order valence-corrected chi connectivity index (χ3v) is 5.28. The molecule has 3 rings (SSSR count). The maximum atomic E-state index is 12.2. The largest absolute Gasteiger partial charge is 0.508 e. The lowest BCUT2D eigenvalue weighted by Gasteiger charge is -2.38. The molecular formula is C17H22O3. The fourth-order valence-corrected chi connectivity index (χ4v) is 4.31. The predicted molar refractivity (Wildman–Crippen MR) is 76.5 cm³/mol. The van der Waals surface area contributed by atoms with Crippen molar-refractivity contribution in [1.82, 2.24) is 0 Å². The smallest absolute Gasteiger partial charge is 0.338 e. The highest BCUT2D eigenvalue weighted by Gasteiger charge is 2.58. The lowest BCUT2D eigenvalue weighted by atomic mass is 9.71. The first-order valence-electron chi connectivity index (χ1n) is 7.30. The van der Waals surface area contributed by atoms with E-state index in [9.17, 15) is 9.90 Å². The number of carbonyl (C=O) groups excluding carboxylic acids is 1. The van der Waals surface area contributed by atoms with E-state index in [1.54, 1.807) is 18.2 Å². The molecule has 0 aliphatic heterocycles. The highest BCUT2D eigenvalue weighted by atomic mass is 16.5. The Morgan fingerprint density at radius 1 is 1.35 bits per heavy atom. The van der Waals surface area contributed by atoms with E-state index in [0.717, 1.165) is 19.3 Å². The summed E-state index contributed by atoms with van der Waals surface area (Å²) in [4.78, 5) is 12.2. The zero-order valence-electron chi connectivity index (χ0n) is 12.3. The normalized spacial score (nSPS) is 34.1. The number of hydrogen-bond acceptors (Lipinski definition) is 3. The quantitative estimate of drug-likeness (QED) is 0.835. The molecule has 2 aliphatic rings. The van der Waals surface area contributed by atoms with Crippen LogP contribution in [0.2, 0.25) is 0 Å². The van der Waals surface area contributed by atoms with Crippen molar-refractivity contribution in [3.8, 4) is 5.75 Å². The second-order valence-corrected chi connectivity index (χ2v) is 7.40. The summed E-state index contributed by atoms with van der Waals surface area (Å²) in [5.74, 6) is 0.423. The molecule has 0 spiro atoms. The molecule has 0 radical (unpaired) electrons. The number of hydrogen-bond donors (Lipinski definition) is 1. The number of fused-ring (bicyclic) bond motifs is 2. The van der Waals surface area contributed by atoms with Gasteiger partial charge in [0.2, 0.25) is 0 Å². The molecule has 0 heterocycles. The minimum absolute atomic E-state index is 0.00961. The summed E-state index contributed by atoms with van der Waals surface area (Å²) < 4.78 is 5.73. The van der Waals surface area contributed by atoms with E-state index in [2.05, 4.69) is 20.8 Å². The van der Waals surface area contributed by atoms with Gasteiger partial charge >= 0.3 is 5.97 Å². The first-order chi connectivity index (χ1) is 9.30. The molecule has 0 saturated heterocycles. The first-order valence-corrected chi connectivity index (χ1v) is 7.30. The average molecular weight is 274 g/mol. The zero-order chi connectivity index (χ0) is 14.5. The van der Waals surface area contributed by atoms with E-state index in [4.69, 9.17) is 4.74 Å². The highest BCUT2D eigenvalue weighted by Crippen LogP contribution is 2.63. The molecule has 3 nitrogen and oxygen atoms in total. The number of phenolic OH excluding ortho intramolecular Hbond substituents is 1. The van der Waals surface area contributed by atoms with Crippen LogP contribution in [-0.4, -0.2) is 17.2 Å². The summed E-state index contributed by atoms with van der Waals surface area (Å²) in [6, 6.07) is 6.36. The highest BCUT2D eigenvalue weighted by molar-refractivity contribution is 5.90. The van der Waals surface area contributed by atoms with E-state index < -0.39 is 0 Å². The number of carbonyl (C=O) groups is 1. The van der Waals surface area contributed by atoms with Gasteiger partial charge in [0.1, 0.15) is 11.9 Å². The van der Waals surface area contributed by atoms with Crippen molar-refractivity contribution in [2.75, 3.05) is 0 Å². The molecule has 0 amide bonds. The van der Waals surface area contributed by atoms with Gasteiger partial charge in [-0.1, -0.05) is 26.8 Å². The minimum Gasteiger partial charge on any atom is -0.508 e. The molecule has 108 valence electrons. The Labute approximate surface area is 120 Å². The number of benzene rings is 1. The second kappa shape index (κ2) is 4.24. The fourth-order valence-electron chi connectivity index (χ4n) is 4.31. The minimum atomic E-state index is -0.322. The van der Waals surface area contributed by atoms with Crippen molar-refractivity contribution in [3.05, 3.63) is 29.8 Å². The summed E-state index contributed by atoms with van der Waals surface area (Å²) >= 11 is 0. The lowest BCUT2D eigenvalue weighted by molar-refractivity contribution is -0.0221. The molecule has 3 atom stereocenters. The van der Waals surface area contributed by atoms with Crippen LogP contribution in [0.15, 0.2) is 24.3 Å². The number of esters is 1. The Morgan fingerprint density at radius 2 is 2.10 bits per heavy atom. The molecule has 2 aliphatic carbocycles. The molecule has 1 N–H and O–H groups in total. The summed E-state index contributed by atoms with van der Waals surface area (Å²) in [5, 5.41) is 9.44. The van der Waals surface area contributed by atoms with E-state index >= 15 is 0 Å². The number of rotatable bonds is 2. The zero-order valence-corrected chi connectivity index (χ0v) is 12.3. The van der Waals surface area contributed by atoms with Gasteiger partial charge in [0, 0.05) is 5.41 Å². The van der Waals surface area contributed by atoms with Gasteiger partial charge in [-0.2, -0.15) is 0 Å². The van der Waals surface area contributed by atoms with Crippen molar-refractivity contribution >= 4 is 5.97 Å². The molecule has 0 aromatic heterocycles. The van der Waals surface area contributed by atoms with Gasteiger partial charge < -0.3 is 9.84 Å². The van der Waals surface area contributed by atoms with Crippen molar-refractivity contribution in [1.29, 1.82) is 0 Å². The second-order valence-electron chi connectivity index (χ2n) is 7.40. The van der Waals surface area contributed by atoms with Crippen LogP contribution in [0.3, 0.4) is 0 Å². The summed E-state index contributed by atoms with van der Waals surface area (Å²) in [6.07, 6.45) is 3.24. The van der Waals surface area contributed by atoms with E-state index in [-0.39, 0.29) is 23.2 Å². The van der Waals surface area contributed by atoms with E-state index in [0.29, 0.717) is 16.9 Å². The molecule has 3 heteroatoms. The third kappa shape index (κ3) is 2.09. The SMILES string of the molecule is CC1(C)C[C@@]2(C)C[C@H]1C[C@@H]2OC(=O)c1cccc(O)c1. The van der Waals surface area contributed by atoms with Gasteiger partial charge in [-0.3, -0.25) is 0 Å². The van der Waals surface area contributed by atoms with Crippen molar-refractivity contribution < 1.29 is 14.6 Å². The van der Waals surface area contributed by atoms with Crippen LogP contribution in [0.1, 0.15) is 50.4 Å². The predicted octanol–water partition coefficient (Wildman–Crippen LogP) is 3.76. The fraction of sp³-hybridized carbons (Fsp3) is 0.588. The summed E-state index contributed by atoms with van der Waals surface area (Å²) in [6.45, 7) is 6.87. The molecule has 0 unspecified atom stereocenters. The Morgan fingerprint density at radius 3 is 2.65 bits per heavy atom. The number of aromatic hydroxyl groups is 1.